The van der Waals surface area contributed by atoms with Crippen LogP contribution in [0.5, 0.6) is 5.75 Å². The lowest BCUT2D eigenvalue weighted by Gasteiger charge is -2.14. The molecule has 2 heterocycles. The molecule has 0 aliphatic heterocycles. The van der Waals surface area contributed by atoms with Gasteiger partial charge in [0.15, 0.2) is 0 Å². The van der Waals surface area contributed by atoms with Crippen LogP contribution < -0.4 is 10.1 Å². The van der Waals surface area contributed by atoms with Gasteiger partial charge in [-0.3, -0.25) is 3.96 Å². The van der Waals surface area contributed by atoms with Gasteiger partial charge in [0.2, 0.25) is 0 Å². The third kappa shape index (κ3) is 4.27. The van der Waals surface area contributed by atoms with Crippen molar-refractivity contribution in [2.24, 2.45) is 14.1 Å². The van der Waals surface area contributed by atoms with Gasteiger partial charge in [-0.05, 0) is 44.2 Å². The highest BCUT2D eigenvalue weighted by Crippen LogP contribution is 2.30. The fourth-order valence-corrected chi connectivity index (χ4v) is 4.51. The van der Waals surface area contributed by atoms with E-state index in [1.54, 1.807) is 30.6 Å². The van der Waals surface area contributed by atoms with Gasteiger partial charge in [0.1, 0.15) is 11.6 Å². The minimum Gasteiger partial charge on any atom is -0.492 e. The molecule has 8 heteroatoms. The van der Waals surface area contributed by atoms with Gasteiger partial charge in [-0.2, -0.15) is 0 Å². The van der Waals surface area contributed by atoms with Gasteiger partial charge in [0.05, 0.1) is 51.9 Å². The van der Waals surface area contributed by atoms with Crippen LogP contribution in [0.25, 0.3) is 21.3 Å². The number of fused-ring (bicyclic) bond motifs is 2. The minimum atomic E-state index is -0.371. The van der Waals surface area contributed by atoms with Gasteiger partial charge in [-0.25, -0.2) is 9.78 Å². The molecule has 0 spiro atoms. The third-order valence-corrected chi connectivity index (χ3v) is 6.09. The van der Waals surface area contributed by atoms with Gasteiger partial charge in [-0.15, -0.1) is 0 Å². The molecule has 4 aromatic rings. The van der Waals surface area contributed by atoms with E-state index in [0.717, 1.165) is 22.2 Å². The zero-order valence-corrected chi connectivity index (χ0v) is 19.4. The van der Waals surface area contributed by atoms with Gasteiger partial charge >= 0.3 is 5.97 Å². The Bertz CT molecular complexity index is 1330. The standard InChI is InChI=1S/C24H26N4O3S/c1-5-30-21-13-16(24(29)31-6-2)11-12-17(21)26-23-14-19-20(15-25-23)28(4)32-22-10-8-7-9-18(22)27(19)3/h7-15H,5-6H2,1-4H3,(H,25,26). The predicted octanol–water partition coefficient (Wildman–Crippen LogP) is 5.57. The molecule has 0 atom stereocenters. The van der Waals surface area contributed by atoms with Crippen molar-refractivity contribution in [1.82, 2.24) is 13.5 Å². The topological polar surface area (TPSA) is 70.3 Å². The number of carbonyl (C=O) groups excluding carboxylic acids is 1. The number of esters is 1. The van der Waals surface area contributed by atoms with Crippen molar-refractivity contribution in [3.8, 4) is 5.75 Å². The first kappa shape index (κ1) is 21.7. The Morgan fingerprint density at radius 2 is 1.84 bits per heavy atom. The monoisotopic (exact) mass is 450 g/mol. The molecule has 7 nitrogen and oxygen atoms in total. The molecular formula is C24H26N4O3S. The quantitative estimate of drug-likeness (QED) is 0.389. The van der Waals surface area contributed by atoms with Crippen LogP contribution in [-0.4, -0.2) is 32.7 Å². The summed E-state index contributed by atoms with van der Waals surface area (Å²) in [7, 11) is 4.09. The maximum Gasteiger partial charge on any atom is 0.338 e. The van der Waals surface area contributed by atoms with Crippen LogP contribution in [0.3, 0.4) is 0 Å². The lowest BCUT2D eigenvalue weighted by atomic mass is 10.2. The zero-order chi connectivity index (χ0) is 22.7. The van der Waals surface area contributed by atoms with Crippen LogP contribution in [0.15, 0.2) is 54.7 Å². The lowest BCUT2D eigenvalue weighted by molar-refractivity contribution is 0.0526. The highest BCUT2D eigenvalue weighted by Gasteiger charge is 2.13. The van der Waals surface area contributed by atoms with Gasteiger partial charge in [0.25, 0.3) is 0 Å². The molecule has 0 bridgehead atoms. The van der Waals surface area contributed by atoms with E-state index in [-0.39, 0.29) is 5.97 Å². The molecular weight excluding hydrogens is 424 g/mol. The van der Waals surface area contributed by atoms with E-state index < -0.39 is 0 Å². The van der Waals surface area contributed by atoms with Crippen LogP contribution in [0.4, 0.5) is 11.5 Å². The number of hydrogen-bond acceptors (Lipinski definition) is 6. The Morgan fingerprint density at radius 3 is 2.62 bits per heavy atom. The maximum atomic E-state index is 12.1. The minimum absolute atomic E-state index is 0.325. The van der Waals surface area contributed by atoms with Crippen molar-refractivity contribution in [2.75, 3.05) is 18.5 Å². The summed E-state index contributed by atoms with van der Waals surface area (Å²) in [4.78, 5) is 16.7. The molecule has 32 heavy (non-hydrogen) atoms. The Balaban J connectivity index is 1.79. The van der Waals surface area contributed by atoms with Crippen LogP contribution in [0.2, 0.25) is 0 Å². The second-order valence-corrected chi connectivity index (χ2v) is 8.33. The summed E-state index contributed by atoms with van der Waals surface area (Å²) < 4.78 is 16.3. The number of benzene rings is 2. The molecule has 0 saturated carbocycles. The van der Waals surface area contributed by atoms with Crippen LogP contribution in [-0.2, 0) is 18.8 Å². The van der Waals surface area contributed by atoms with Crippen LogP contribution in [0.1, 0.15) is 24.2 Å². The first-order valence-electron chi connectivity index (χ1n) is 10.5. The summed E-state index contributed by atoms with van der Waals surface area (Å²) in [5, 5.41) is 3.35. The summed E-state index contributed by atoms with van der Waals surface area (Å²) in [5.41, 5.74) is 4.36. The number of para-hydroxylation sites is 1. The van der Waals surface area contributed by atoms with E-state index in [2.05, 4.69) is 38.0 Å². The first-order valence-corrected chi connectivity index (χ1v) is 11.2. The highest BCUT2D eigenvalue weighted by molar-refractivity contribution is 7.13. The first-order chi connectivity index (χ1) is 15.5. The second-order valence-electron chi connectivity index (χ2n) is 7.16. The molecule has 166 valence electrons. The number of aromatic nitrogens is 3. The van der Waals surface area contributed by atoms with Gasteiger partial charge in [-0.1, -0.05) is 23.7 Å². The molecule has 0 amide bonds. The van der Waals surface area contributed by atoms with E-state index in [0.29, 0.717) is 30.3 Å². The molecule has 2 aromatic heterocycles. The number of aryl methyl sites for hydroxylation is 2. The van der Waals surface area contributed by atoms with Crippen molar-refractivity contribution >= 4 is 50.3 Å². The summed E-state index contributed by atoms with van der Waals surface area (Å²) in [6, 6.07) is 15.6. The highest BCUT2D eigenvalue weighted by atomic mass is 32.1. The average Bonchev–Trinajstić information content (AvgIpc) is 2.90. The molecule has 0 radical (unpaired) electrons. The molecule has 0 aliphatic carbocycles. The molecule has 1 N–H and O–H groups in total. The number of rotatable bonds is 6. The average molecular weight is 451 g/mol. The molecule has 2 aromatic carbocycles. The fraction of sp³-hybridized carbons (Fsp3) is 0.250. The summed E-state index contributed by atoms with van der Waals surface area (Å²) >= 11 is 1.67. The Kier molecular flexibility index (Phi) is 6.32. The lowest BCUT2D eigenvalue weighted by Crippen LogP contribution is -2.06. The van der Waals surface area contributed by atoms with Crippen molar-refractivity contribution in [3.05, 3.63) is 60.3 Å². The smallest absolute Gasteiger partial charge is 0.338 e. The fourth-order valence-electron chi connectivity index (χ4n) is 3.53. The number of pyridine rings is 1. The summed E-state index contributed by atoms with van der Waals surface area (Å²) in [6.45, 7) is 4.49. The zero-order valence-electron chi connectivity index (χ0n) is 18.6. The molecule has 0 aliphatic rings. The normalized spacial score (nSPS) is 10.9. The predicted molar refractivity (Wildman–Crippen MR) is 130 cm³/mol. The van der Waals surface area contributed by atoms with Crippen molar-refractivity contribution in [2.45, 2.75) is 13.8 Å². The number of ether oxygens (including phenoxy) is 2. The number of nitrogens with zero attached hydrogens (tertiary/aromatic N) is 3. The Labute approximate surface area is 190 Å². The van der Waals surface area contributed by atoms with Gasteiger partial charge in [0, 0.05) is 20.2 Å². The number of carbonyl (C=O) groups is 1. The van der Waals surface area contributed by atoms with Gasteiger partial charge < -0.3 is 19.4 Å². The maximum absolute atomic E-state index is 12.1. The van der Waals surface area contributed by atoms with Crippen molar-refractivity contribution < 1.29 is 14.3 Å². The second kappa shape index (κ2) is 9.32. The summed E-state index contributed by atoms with van der Waals surface area (Å²) in [5.74, 6) is 0.878. The van der Waals surface area contributed by atoms with E-state index in [1.165, 1.54) is 4.70 Å². The molecule has 4 rings (SSSR count). The van der Waals surface area contributed by atoms with E-state index >= 15 is 0 Å². The molecule has 0 saturated heterocycles. The van der Waals surface area contributed by atoms with E-state index in [4.69, 9.17) is 9.47 Å². The third-order valence-electron chi connectivity index (χ3n) is 5.08. The Morgan fingerprint density at radius 1 is 1.03 bits per heavy atom. The molecule has 0 unspecified atom stereocenters. The van der Waals surface area contributed by atoms with Crippen molar-refractivity contribution in [1.29, 1.82) is 0 Å². The van der Waals surface area contributed by atoms with Crippen LogP contribution >= 0.6 is 11.5 Å². The van der Waals surface area contributed by atoms with E-state index in [1.807, 2.05) is 44.4 Å². The Hall–Kier alpha value is -3.52. The largest absolute Gasteiger partial charge is 0.492 e. The van der Waals surface area contributed by atoms with Crippen molar-refractivity contribution in [3.63, 3.8) is 0 Å². The molecule has 0 fully saturated rings. The SMILES string of the molecule is CCOC(=O)c1ccc(Nc2cc3c(cn2)n(C)sc2ccccc2n3C)c(OCC)c1. The number of nitrogens with one attached hydrogen (secondary N) is 1. The number of anilines is 2. The van der Waals surface area contributed by atoms with E-state index in [9.17, 15) is 4.79 Å². The number of hydrogen-bond donors (Lipinski definition) is 1. The summed E-state index contributed by atoms with van der Waals surface area (Å²) in [6.07, 6.45) is 1.86. The van der Waals surface area contributed by atoms with Crippen LogP contribution in [0, 0.1) is 0 Å².